The molecule has 4 heteroatoms. The lowest BCUT2D eigenvalue weighted by Gasteiger charge is -2.03. The number of carbonyl (C=O) groups excluding carboxylic acids is 1. The summed E-state index contributed by atoms with van der Waals surface area (Å²) in [6, 6.07) is 0.279. The number of methoxy groups -OCH3 is 1. The Morgan fingerprint density at radius 3 is 2.90 bits per heavy atom. The molecule has 0 aromatic carbocycles. The average Bonchev–Trinajstić information content (AvgIpc) is 2.67. The number of hydrogen-bond acceptors (Lipinski definition) is 2. The van der Waals surface area contributed by atoms with Crippen molar-refractivity contribution in [2.24, 2.45) is 0 Å². The maximum atomic E-state index is 10.8. The first kappa shape index (κ1) is 7.34. The van der Waals surface area contributed by atoms with Gasteiger partial charge in [-0.25, -0.2) is 4.79 Å². The topological polar surface area (TPSA) is 50.4 Å². The lowest BCUT2D eigenvalue weighted by molar-refractivity contribution is 0.172. The Hall–Kier alpha value is -0.770. The minimum atomic E-state index is -0.135. The normalized spacial score (nSPS) is 16.5. The van der Waals surface area contributed by atoms with Crippen LogP contribution in [0.15, 0.2) is 0 Å². The van der Waals surface area contributed by atoms with E-state index < -0.39 is 0 Å². The number of rotatable bonds is 3. The second-order valence-electron chi connectivity index (χ2n) is 2.36. The van der Waals surface area contributed by atoms with Crippen molar-refractivity contribution in [2.45, 2.75) is 18.9 Å². The number of hydrogen-bond donors (Lipinski definition) is 2. The van der Waals surface area contributed by atoms with Crippen LogP contribution in [0.25, 0.3) is 0 Å². The van der Waals surface area contributed by atoms with Crippen LogP contribution in [-0.4, -0.2) is 25.9 Å². The van der Waals surface area contributed by atoms with E-state index >= 15 is 0 Å². The fraction of sp³-hybridized carbons (Fsp3) is 0.833. The van der Waals surface area contributed by atoms with Crippen LogP contribution in [0.1, 0.15) is 12.8 Å². The lowest BCUT2D eigenvalue weighted by atomic mass is 10.7. The van der Waals surface area contributed by atoms with Crippen LogP contribution in [0.4, 0.5) is 4.79 Å². The molecule has 1 fully saturated rings. The van der Waals surface area contributed by atoms with Crippen LogP contribution in [-0.2, 0) is 4.74 Å². The molecule has 0 aromatic heterocycles. The van der Waals surface area contributed by atoms with Gasteiger partial charge in [-0.15, -0.1) is 0 Å². The molecule has 10 heavy (non-hydrogen) atoms. The highest BCUT2D eigenvalue weighted by atomic mass is 16.5. The summed E-state index contributed by atoms with van der Waals surface area (Å²) in [5.41, 5.74) is 0. The van der Waals surface area contributed by atoms with Crippen molar-refractivity contribution >= 4 is 6.03 Å². The van der Waals surface area contributed by atoms with Gasteiger partial charge in [-0.2, -0.15) is 0 Å². The second kappa shape index (κ2) is 3.41. The molecule has 0 radical (unpaired) electrons. The van der Waals surface area contributed by atoms with E-state index in [1.165, 1.54) is 7.11 Å². The van der Waals surface area contributed by atoms with Gasteiger partial charge in [0.25, 0.3) is 0 Å². The largest absolute Gasteiger partial charge is 0.364 e. The predicted octanol–water partition coefficient (Wildman–Crippen LogP) is 0.0519. The minimum absolute atomic E-state index is 0.135. The van der Waals surface area contributed by atoms with Crippen molar-refractivity contribution in [3.8, 4) is 0 Å². The van der Waals surface area contributed by atoms with Crippen LogP contribution >= 0.6 is 0 Å². The molecule has 0 atom stereocenters. The zero-order chi connectivity index (χ0) is 7.40. The van der Waals surface area contributed by atoms with E-state index in [0.29, 0.717) is 6.04 Å². The van der Waals surface area contributed by atoms with E-state index in [9.17, 15) is 4.79 Å². The van der Waals surface area contributed by atoms with E-state index in [1.54, 1.807) is 0 Å². The number of carbonyl (C=O) groups is 1. The Morgan fingerprint density at radius 2 is 2.40 bits per heavy atom. The molecule has 0 heterocycles. The molecular weight excluding hydrogens is 132 g/mol. The minimum Gasteiger partial charge on any atom is -0.364 e. The molecule has 1 saturated carbocycles. The monoisotopic (exact) mass is 144 g/mol. The van der Waals surface area contributed by atoms with Crippen molar-refractivity contribution in [1.82, 2.24) is 10.6 Å². The standard InChI is InChI=1S/C6H12N2O2/c1-10-4-7-6(9)8-5-2-3-5/h5H,2-4H2,1H3,(H2,7,8,9). The van der Waals surface area contributed by atoms with Crippen molar-refractivity contribution < 1.29 is 9.53 Å². The van der Waals surface area contributed by atoms with Crippen LogP contribution in [0.5, 0.6) is 0 Å². The smallest absolute Gasteiger partial charge is 0.316 e. The van der Waals surface area contributed by atoms with Gasteiger partial charge in [-0.3, -0.25) is 0 Å². The Kier molecular flexibility index (Phi) is 2.50. The molecule has 58 valence electrons. The number of ether oxygens (including phenoxy) is 1. The van der Waals surface area contributed by atoms with Gasteiger partial charge in [0.2, 0.25) is 0 Å². The Labute approximate surface area is 59.9 Å². The summed E-state index contributed by atoms with van der Waals surface area (Å²) in [7, 11) is 1.54. The molecule has 2 N–H and O–H groups in total. The zero-order valence-corrected chi connectivity index (χ0v) is 6.02. The van der Waals surface area contributed by atoms with Gasteiger partial charge < -0.3 is 15.4 Å². The summed E-state index contributed by atoms with van der Waals surface area (Å²) < 4.78 is 4.64. The molecule has 0 aromatic rings. The van der Waals surface area contributed by atoms with E-state index in [1.807, 2.05) is 0 Å². The predicted molar refractivity (Wildman–Crippen MR) is 36.6 cm³/mol. The third-order valence-electron chi connectivity index (χ3n) is 1.29. The first-order valence-corrected chi connectivity index (χ1v) is 3.36. The molecule has 4 nitrogen and oxygen atoms in total. The van der Waals surface area contributed by atoms with Crippen LogP contribution in [0, 0.1) is 0 Å². The second-order valence-corrected chi connectivity index (χ2v) is 2.36. The molecule has 1 aliphatic rings. The van der Waals surface area contributed by atoms with Crippen LogP contribution in [0.3, 0.4) is 0 Å². The Balaban J connectivity index is 1.97. The third-order valence-corrected chi connectivity index (χ3v) is 1.29. The molecule has 0 unspecified atom stereocenters. The summed E-state index contributed by atoms with van der Waals surface area (Å²) in [5.74, 6) is 0. The summed E-state index contributed by atoms with van der Waals surface area (Å²) in [4.78, 5) is 10.8. The fourth-order valence-electron chi connectivity index (χ4n) is 0.602. The highest BCUT2D eigenvalue weighted by Gasteiger charge is 2.22. The highest BCUT2D eigenvalue weighted by Crippen LogP contribution is 2.17. The zero-order valence-electron chi connectivity index (χ0n) is 6.02. The van der Waals surface area contributed by atoms with Gasteiger partial charge in [0.15, 0.2) is 0 Å². The lowest BCUT2D eigenvalue weighted by Crippen LogP contribution is -2.37. The Morgan fingerprint density at radius 1 is 1.70 bits per heavy atom. The maximum Gasteiger partial charge on any atom is 0.316 e. The summed E-state index contributed by atoms with van der Waals surface area (Å²) >= 11 is 0. The number of amides is 2. The third kappa shape index (κ3) is 2.68. The number of nitrogens with one attached hydrogen (secondary N) is 2. The van der Waals surface area contributed by atoms with E-state index in [-0.39, 0.29) is 12.8 Å². The van der Waals surface area contributed by atoms with E-state index in [0.717, 1.165) is 12.8 Å². The molecule has 2 amide bonds. The first-order valence-electron chi connectivity index (χ1n) is 3.36. The van der Waals surface area contributed by atoms with Crippen LogP contribution < -0.4 is 10.6 Å². The van der Waals surface area contributed by atoms with Crippen molar-refractivity contribution in [2.75, 3.05) is 13.8 Å². The molecule has 0 saturated heterocycles. The van der Waals surface area contributed by atoms with Gasteiger partial charge >= 0.3 is 6.03 Å². The summed E-state index contributed by atoms with van der Waals surface area (Å²) in [5, 5.41) is 5.29. The van der Waals surface area contributed by atoms with Crippen molar-refractivity contribution in [3.63, 3.8) is 0 Å². The van der Waals surface area contributed by atoms with Gasteiger partial charge in [0.05, 0.1) is 0 Å². The van der Waals surface area contributed by atoms with Crippen molar-refractivity contribution in [3.05, 3.63) is 0 Å². The molecule has 1 aliphatic carbocycles. The van der Waals surface area contributed by atoms with Gasteiger partial charge in [-0.05, 0) is 12.8 Å². The summed E-state index contributed by atoms with van der Waals surface area (Å²) in [6.07, 6.45) is 2.22. The molecule has 0 spiro atoms. The SMILES string of the molecule is COCNC(=O)NC1CC1. The van der Waals surface area contributed by atoms with Crippen molar-refractivity contribution in [1.29, 1.82) is 0 Å². The average molecular weight is 144 g/mol. The Bertz CT molecular complexity index is 123. The van der Waals surface area contributed by atoms with Gasteiger partial charge in [0.1, 0.15) is 6.73 Å². The van der Waals surface area contributed by atoms with Gasteiger partial charge in [0, 0.05) is 13.2 Å². The highest BCUT2D eigenvalue weighted by molar-refractivity contribution is 5.74. The molecule has 1 rings (SSSR count). The van der Waals surface area contributed by atoms with Crippen LogP contribution in [0.2, 0.25) is 0 Å². The quantitative estimate of drug-likeness (QED) is 0.550. The molecular formula is C6H12N2O2. The first-order chi connectivity index (χ1) is 4.83. The number of urea groups is 1. The van der Waals surface area contributed by atoms with E-state index in [4.69, 9.17) is 0 Å². The molecule has 0 bridgehead atoms. The van der Waals surface area contributed by atoms with Gasteiger partial charge in [-0.1, -0.05) is 0 Å². The van der Waals surface area contributed by atoms with E-state index in [2.05, 4.69) is 15.4 Å². The molecule has 0 aliphatic heterocycles. The maximum absolute atomic E-state index is 10.8. The summed E-state index contributed by atoms with van der Waals surface area (Å²) in [6.45, 7) is 0.276. The fourth-order valence-corrected chi connectivity index (χ4v) is 0.602.